The van der Waals surface area contributed by atoms with Crippen molar-refractivity contribution in [3.8, 4) is 0 Å². The van der Waals surface area contributed by atoms with Crippen LogP contribution in [0.2, 0.25) is 0 Å². The van der Waals surface area contributed by atoms with Crippen LogP contribution in [0, 0.1) is 0 Å². The van der Waals surface area contributed by atoms with Gasteiger partial charge >= 0.3 is 0 Å². The van der Waals surface area contributed by atoms with Crippen LogP contribution in [0.1, 0.15) is 32.1 Å². The highest BCUT2D eigenvalue weighted by molar-refractivity contribution is 7.80. The zero-order valence-corrected chi connectivity index (χ0v) is 27.6. The number of benzene rings is 1. The molecule has 0 unspecified atom stereocenters. The first-order valence-corrected chi connectivity index (χ1v) is 15.4. The van der Waals surface area contributed by atoms with E-state index in [1.165, 1.54) is 11.4 Å². The molecule has 226 valence electrons. The lowest BCUT2D eigenvalue weighted by atomic mass is 10.1. The standard InChI is InChI=1S/C32H57N7S/c1-34(2)19-9-23-38(24-10-20-35(3)4)29-15-13-28(14-16-29)33-31-18-17-30(27-32(31)40)39(25-11-21-36(5)6)26-12-22-37(7)8/h13,15-18,27,40H,9-12,14,19-26H2,1-8H3. The summed E-state index contributed by atoms with van der Waals surface area (Å²) in [4.78, 5) is 20.0. The van der Waals surface area contributed by atoms with Gasteiger partial charge in [-0.2, -0.15) is 0 Å². The number of thiol groups is 1. The van der Waals surface area contributed by atoms with Crippen molar-refractivity contribution in [1.29, 1.82) is 0 Å². The lowest BCUT2D eigenvalue weighted by Crippen LogP contribution is -2.30. The van der Waals surface area contributed by atoms with Crippen LogP contribution >= 0.6 is 12.6 Å². The Morgan fingerprint density at radius 2 is 1.10 bits per heavy atom. The van der Waals surface area contributed by atoms with Crippen LogP contribution in [0.15, 0.2) is 52.0 Å². The maximum absolute atomic E-state index is 5.00. The maximum Gasteiger partial charge on any atom is 0.0767 e. The Morgan fingerprint density at radius 1 is 0.625 bits per heavy atom. The number of hydrogen-bond acceptors (Lipinski definition) is 8. The van der Waals surface area contributed by atoms with Gasteiger partial charge in [0.05, 0.1) is 5.69 Å². The summed E-state index contributed by atoms with van der Waals surface area (Å²) in [6, 6.07) is 6.55. The second-order valence-electron chi connectivity index (χ2n) is 12.0. The minimum Gasteiger partial charge on any atom is -0.372 e. The molecule has 0 heterocycles. The third-order valence-electron chi connectivity index (χ3n) is 7.05. The van der Waals surface area contributed by atoms with Crippen LogP contribution in [-0.4, -0.2) is 139 Å². The van der Waals surface area contributed by atoms with E-state index < -0.39 is 0 Å². The highest BCUT2D eigenvalue weighted by atomic mass is 32.1. The largest absolute Gasteiger partial charge is 0.372 e. The van der Waals surface area contributed by atoms with E-state index in [9.17, 15) is 0 Å². The highest BCUT2D eigenvalue weighted by Gasteiger charge is 2.13. The smallest absolute Gasteiger partial charge is 0.0767 e. The number of aliphatic imine (C=N–C) groups is 1. The van der Waals surface area contributed by atoms with Crippen LogP contribution in [-0.2, 0) is 0 Å². The van der Waals surface area contributed by atoms with Gasteiger partial charge in [0.15, 0.2) is 0 Å². The zero-order chi connectivity index (χ0) is 29.5. The highest BCUT2D eigenvalue weighted by Crippen LogP contribution is 2.30. The fourth-order valence-corrected chi connectivity index (χ4v) is 5.11. The molecule has 0 saturated heterocycles. The van der Waals surface area contributed by atoms with E-state index in [4.69, 9.17) is 17.6 Å². The predicted octanol–water partition coefficient (Wildman–Crippen LogP) is 4.81. The summed E-state index contributed by atoms with van der Waals surface area (Å²) >= 11 is 4.86. The SMILES string of the molecule is CN(C)CCCN(CCCN(C)C)C1=CCC(=Nc2ccc(N(CCCN(C)C)CCCN(C)C)cc2S)C=C1. The zero-order valence-electron chi connectivity index (χ0n) is 26.7. The summed E-state index contributed by atoms with van der Waals surface area (Å²) in [7, 11) is 17.2. The minimum atomic E-state index is 0.847. The molecule has 0 atom stereocenters. The molecule has 0 N–H and O–H groups in total. The van der Waals surface area contributed by atoms with Gasteiger partial charge in [-0.25, -0.2) is 0 Å². The van der Waals surface area contributed by atoms with E-state index >= 15 is 0 Å². The second kappa shape index (κ2) is 18.6. The third kappa shape index (κ3) is 13.7. The topological polar surface area (TPSA) is 31.8 Å². The molecule has 2 rings (SSSR count). The summed E-state index contributed by atoms with van der Waals surface area (Å²) in [6.45, 7) is 8.65. The van der Waals surface area contributed by atoms with Crippen molar-refractivity contribution in [3.05, 3.63) is 42.1 Å². The van der Waals surface area contributed by atoms with Gasteiger partial charge in [-0.1, -0.05) is 6.08 Å². The Kier molecular flexibility index (Phi) is 15.9. The summed E-state index contributed by atoms with van der Waals surface area (Å²) in [5, 5.41) is 0. The molecule has 1 aliphatic carbocycles. The van der Waals surface area contributed by atoms with E-state index in [1.807, 2.05) is 0 Å². The van der Waals surface area contributed by atoms with E-state index in [0.717, 1.165) is 101 Å². The van der Waals surface area contributed by atoms with Crippen molar-refractivity contribution in [3.63, 3.8) is 0 Å². The first-order valence-electron chi connectivity index (χ1n) is 14.9. The molecule has 8 heteroatoms. The molecule has 0 spiro atoms. The van der Waals surface area contributed by atoms with Crippen molar-refractivity contribution in [2.24, 2.45) is 4.99 Å². The lowest BCUT2D eigenvalue weighted by Gasteiger charge is -2.28. The predicted molar refractivity (Wildman–Crippen MR) is 179 cm³/mol. The molecular formula is C32H57N7S. The van der Waals surface area contributed by atoms with Crippen LogP contribution in [0.3, 0.4) is 0 Å². The van der Waals surface area contributed by atoms with Gasteiger partial charge in [0.25, 0.3) is 0 Å². The molecule has 0 aliphatic heterocycles. The summed E-state index contributed by atoms with van der Waals surface area (Å²) in [5.41, 5.74) is 4.59. The van der Waals surface area contributed by atoms with Gasteiger partial charge in [0.1, 0.15) is 0 Å². The van der Waals surface area contributed by atoms with Crippen molar-refractivity contribution < 1.29 is 0 Å². The summed E-state index contributed by atoms with van der Waals surface area (Å²) < 4.78 is 0. The van der Waals surface area contributed by atoms with E-state index in [-0.39, 0.29) is 0 Å². The van der Waals surface area contributed by atoms with Gasteiger partial charge in [0, 0.05) is 54.6 Å². The van der Waals surface area contributed by atoms with Crippen molar-refractivity contribution >= 4 is 29.7 Å². The number of rotatable bonds is 19. The number of allylic oxidation sites excluding steroid dienone is 3. The average Bonchev–Trinajstić information content (AvgIpc) is 2.88. The first-order chi connectivity index (χ1) is 19.0. The molecule has 0 aromatic heterocycles. The molecule has 0 bridgehead atoms. The normalized spacial score (nSPS) is 14.7. The van der Waals surface area contributed by atoms with Gasteiger partial charge in [-0.3, -0.25) is 4.99 Å². The monoisotopic (exact) mass is 571 g/mol. The minimum absolute atomic E-state index is 0.847. The molecule has 1 aromatic rings. The second-order valence-corrected chi connectivity index (χ2v) is 12.5. The molecule has 40 heavy (non-hydrogen) atoms. The number of anilines is 1. The lowest BCUT2D eigenvalue weighted by molar-refractivity contribution is 0.292. The van der Waals surface area contributed by atoms with Gasteiger partial charge in [0.2, 0.25) is 0 Å². The Hall–Kier alpha value is -1.84. The van der Waals surface area contributed by atoms with Crippen molar-refractivity contribution in [2.75, 3.05) is 114 Å². The Morgan fingerprint density at radius 3 is 1.50 bits per heavy atom. The fraction of sp³-hybridized carbons (Fsp3) is 0.656. The molecule has 1 aromatic carbocycles. The quantitative estimate of drug-likeness (QED) is 0.240. The molecule has 0 amide bonds. The molecule has 1 aliphatic rings. The Bertz CT molecular complexity index is 925. The average molecular weight is 572 g/mol. The van der Waals surface area contributed by atoms with Gasteiger partial charge in [-0.15, -0.1) is 12.6 Å². The fourth-order valence-electron chi connectivity index (χ4n) is 4.85. The Labute approximate surface area is 251 Å². The maximum atomic E-state index is 5.00. The summed E-state index contributed by atoms with van der Waals surface area (Å²) in [6.07, 6.45) is 12.2. The molecule has 0 fully saturated rings. The van der Waals surface area contributed by atoms with Gasteiger partial charge in [-0.05, 0) is 139 Å². The molecule has 0 radical (unpaired) electrons. The Balaban J connectivity index is 2.08. The molecular weight excluding hydrogens is 514 g/mol. The van der Waals surface area contributed by atoms with E-state index in [0.29, 0.717) is 0 Å². The van der Waals surface area contributed by atoms with Crippen LogP contribution in [0.4, 0.5) is 11.4 Å². The van der Waals surface area contributed by atoms with Crippen LogP contribution in [0.25, 0.3) is 0 Å². The van der Waals surface area contributed by atoms with E-state index in [2.05, 4.69) is 122 Å². The van der Waals surface area contributed by atoms with Crippen LogP contribution in [0.5, 0.6) is 0 Å². The first kappa shape index (κ1) is 34.4. The van der Waals surface area contributed by atoms with E-state index in [1.54, 1.807) is 0 Å². The van der Waals surface area contributed by atoms with Crippen LogP contribution < -0.4 is 4.90 Å². The molecule has 7 nitrogen and oxygen atoms in total. The van der Waals surface area contributed by atoms with Gasteiger partial charge < -0.3 is 29.4 Å². The third-order valence-corrected chi connectivity index (χ3v) is 7.41. The van der Waals surface area contributed by atoms with Crippen molar-refractivity contribution in [1.82, 2.24) is 24.5 Å². The number of nitrogens with zero attached hydrogens (tertiary/aromatic N) is 7. The summed E-state index contributed by atoms with van der Waals surface area (Å²) in [5.74, 6) is 0. The molecule has 0 saturated carbocycles. The van der Waals surface area contributed by atoms with Crippen molar-refractivity contribution in [2.45, 2.75) is 37.0 Å². The number of hydrogen-bond donors (Lipinski definition) is 1.